The van der Waals surface area contributed by atoms with E-state index in [1.807, 2.05) is 30.5 Å². The first-order chi connectivity index (χ1) is 11.7. The molecule has 24 heavy (non-hydrogen) atoms. The summed E-state index contributed by atoms with van der Waals surface area (Å²) in [5.74, 6) is 0. The Labute approximate surface area is 143 Å². The van der Waals surface area contributed by atoms with Gasteiger partial charge in [-0.2, -0.15) is 0 Å². The standard InChI is InChI=1S/C21H22N2O/c1-17(24)21-13-12-20(14-22-21)23(15-18-8-4-2-5-9-18)16-19-10-6-3-7-11-19/h2-14,17,24H,15-16H2,1H3/t17-/m1/s1. The molecule has 0 unspecified atom stereocenters. The number of aliphatic hydroxyl groups is 1. The Bertz CT molecular complexity index is 698. The van der Waals surface area contributed by atoms with Crippen LogP contribution in [-0.2, 0) is 13.1 Å². The monoisotopic (exact) mass is 318 g/mol. The Kier molecular flexibility index (Phi) is 5.24. The first kappa shape index (κ1) is 16.2. The molecule has 0 bridgehead atoms. The van der Waals surface area contributed by atoms with Gasteiger partial charge in [0, 0.05) is 13.1 Å². The van der Waals surface area contributed by atoms with Gasteiger partial charge >= 0.3 is 0 Å². The van der Waals surface area contributed by atoms with Crippen LogP contribution in [0.5, 0.6) is 0 Å². The van der Waals surface area contributed by atoms with Crippen molar-refractivity contribution in [3.63, 3.8) is 0 Å². The summed E-state index contributed by atoms with van der Waals surface area (Å²) in [6.45, 7) is 3.35. The minimum absolute atomic E-state index is 0.546. The van der Waals surface area contributed by atoms with Gasteiger partial charge < -0.3 is 10.0 Å². The van der Waals surface area contributed by atoms with Crippen LogP contribution < -0.4 is 4.90 Å². The summed E-state index contributed by atoms with van der Waals surface area (Å²) >= 11 is 0. The summed E-state index contributed by atoms with van der Waals surface area (Å²) in [5.41, 5.74) is 4.26. The average molecular weight is 318 g/mol. The maximum Gasteiger partial charge on any atom is 0.0931 e. The minimum Gasteiger partial charge on any atom is -0.387 e. The predicted octanol–water partition coefficient (Wildman–Crippen LogP) is 4.34. The number of aromatic nitrogens is 1. The van der Waals surface area contributed by atoms with Gasteiger partial charge in [-0.25, -0.2) is 0 Å². The molecule has 3 aromatic rings. The molecule has 0 aliphatic rings. The van der Waals surface area contributed by atoms with E-state index in [0.29, 0.717) is 5.69 Å². The topological polar surface area (TPSA) is 36.4 Å². The van der Waals surface area contributed by atoms with Gasteiger partial charge in [0.05, 0.1) is 23.7 Å². The van der Waals surface area contributed by atoms with Crippen molar-refractivity contribution in [3.8, 4) is 0 Å². The van der Waals surface area contributed by atoms with Crippen LogP contribution in [0.3, 0.4) is 0 Å². The second-order valence-corrected chi connectivity index (χ2v) is 5.94. The Morgan fingerprint density at radius 2 is 1.38 bits per heavy atom. The zero-order valence-corrected chi connectivity index (χ0v) is 13.8. The van der Waals surface area contributed by atoms with E-state index in [9.17, 15) is 5.11 Å². The molecule has 0 radical (unpaired) electrons. The molecule has 3 rings (SSSR count). The van der Waals surface area contributed by atoms with Crippen molar-refractivity contribution in [2.75, 3.05) is 4.90 Å². The van der Waals surface area contributed by atoms with Crippen molar-refractivity contribution in [2.45, 2.75) is 26.1 Å². The first-order valence-electron chi connectivity index (χ1n) is 8.19. The fraction of sp³-hybridized carbons (Fsp3) is 0.190. The lowest BCUT2D eigenvalue weighted by Crippen LogP contribution is -2.22. The highest BCUT2D eigenvalue weighted by atomic mass is 16.3. The molecule has 0 saturated heterocycles. The molecule has 1 atom stereocenters. The van der Waals surface area contributed by atoms with Crippen LogP contribution in [-0.4, -0.2) is 10.1 Å². The third-order valence-corrected chi connectivity index (χ3v) is 4.00. The lowest BCUT2D eigenvalue weighted by Gasteiger charge is -2.25. The minimum atomic E-state index is -0.546. The Balaban J connectivity index is 1.86. The van der Waals surface area contributed by atoms with Crippen molar-refractivity contribution in [2.24, 2.45) is 0 Å². The Morgan fingerprint density at radius 3 is 1.79 bits per heavy atom. The normalized spacial score (nSPS) is 11.9. The summed E-state index contributed by atoms with van der Waals surface area (Å²) in [7, 11) is 0. The molecule has 1 N–H and O–H groups in total. The number of rotatable bonds is 6. The van der Waals surface area contributed by atoms with Crippen LogP contribution in [0.15, 0.2) is 79.0 Å². The molecule has 122 valence electrons. The summed E-state index contributed by atoms with van der Waals surface area (Å²) < 4.78 is 0. The zero-order valence-electron chi connectivity index (χ0n) is 13.8. The fourth-order valence-corrected chi connectivity index (χ4v) is 2.68. The number of pyridine rings is 1. The van der Waals surface area contributed by atoms with E-state index < -0.39 is 6.10 Å². The lowest BCUT2D eigenvalue weighted by molar-refractivity contribution is 0.194. The summed E-state index contributed by atoms with van der Waals surface area (Å²) in [6.07, 6.45) is 1.30. The van der Waals surface area contributed by atoms with Crippen LogP contribution in [0.4, 0.5) is 5.69 Å². The van der Waals surface area contributed by atoms with E-state index in [1.165, 1.54) is 11.1 Å². The third-order valence-electron chi connectivity index (χ3n) is 4.00. The molecule has 0 saturated carbocycles. The van der Waals surface area contributed by atoms with Crippen LogP contribution in [0.25, 0.3) is 0 Å². The third kappa shape index (κ3) is 4.21. The highest BCUT2D eigenvalue weighted by Gasteiger charge is 2.10. The number of benzene rings is 2. The van der Waals surface area contributed by atoms with Crippen molar-refractivity contribution >= 4 is 5.69 Å². The van der Waals surface area contributed by atoms with Crippen LogP contribution in [0.2, 0.25) is 0 Å². The Morgan fingerprint density at radius 1 is 0.833 bits per heavy atom. The number of anilines is 1. The molecule has 0 fully saturated rings. The van der Waals surface area contributed by atoms with Gasteiger partial charge in [0.15, 0.2) is 0 Å². The van der Waals surface area contributed by atoms with Crippen LogP contribution in [0, 0.1) is 0 Å². The van der Waals surface area contributed by atoms with E-state index in [4.69, 9.17) is 0 Å². The van der Waals surface area contributed by atoms with Gasteiger partial charge in [-0.05, 0) is 30.2 Å². The van der Waals surface area contributed by atoms with Crippen molar-refractivity contribution in [1.29, 1.82) is 0 Å². The fourth-order valence-electron chi connectivity index (χ4n) is 2.68. The van der Waals surface area contributed by atoms with Gasteiger partial charge in [0.25, 0.3) is 0 Å². The highest BCUT2D eigenvalue weighted by molar-refractivity contribution is 5.46. The predicted molar refractivity (Wildman–Crippen MR) is 97.6 cm³/mol. The van der Waals surface area contributed by atoms with Gasteiger partial charge in [-0.3, -0.25) is 4.98 Å². The van der Waals surface area contributed by atoms with E-state index in [1.54, 1.807) is 6.92 Å². The molecular formula is C21H22N2O. The quantitative estimate of drug-likeness (QED) is 0.734. The second-order valence-electron chi connectivity index (χ2n) is 5.94. The molecule has 3 nitrogen and oxygen atoms in total. The van der Waals surface area contributed by atoms with Gasteiger partial charge in [0.1, 0.15) is 0 Å². The first-order valence-corrected chi connectivity index (χ1v) is 8.19. The second kappa shape index (κ2) is 7.75. The van der Waals surface area contributed by atoms with E-state index >= 15 is 0 Å². The van der Waals surface area contributed by atoms with E-state index in [0.717, 1.165) is 18.8 Å². The van der Waals surface area contributed by atoms with Gasteiger partial charge in [-0.1, -0.05) is 60.7 Å². The zero-order chi connectivity index (χ0) is 16.8. The molecule has 1 heterocycles. The number of hydrogen-bond donors (Lipinski definition) is 1. The maximum absolute atomic E-state index is 9.65. The smallest absolute Gasteiger partial charge is 0.0931 e. The summed E-state index contributed by atoms with van der Waals surface area (Å²) in [4.78, 5) is 6.69. The Hall–Kier alpha value is -2.65. The lowest BCUT2D eigenvalue weighted by atomic mass is 10.1. The molecule has 1 aromatic heterocycles. The summed E-state index contributed by atoms with van der Waals surface area (Å²) in [6, 6.07) is 24.8. The number of aliphatic hydroxyl groups excluding tert-OH is 1. The molecule has 2 aromatic carbocycles. The number of hydrogen-bond acceptors (Lipinski definition) is 3. The van der Waals surface area contributed by atoms with Crippen molar-refractivity contribution in [3.05, 3.63) is 95.8 Å². The van der Waals surface area contributed by atoms with Crippen molar-refractivity contribution in [1.82, 2.24) is 4.98 Å². The molecular weight excluding hydrogens is 296 g/mol. The average Bonchev–Trinajstić information content (AvgIpc) is 2.63. The van der Waals surface area contributed by atoms with Crippen LogP contribution >= 0.6 is 0 Å². The molecule has 0 aliphatic heterocycles. The van der Waals surface area contributed by atoms with Gasteiger partial charge in [-0.15, -0.1) is 0 Å². The maximum atomic E-state index is 9.65. The van der Waals surface area contributed by atoms with Crippen LogP contribution in [0.1, 0.15) is 29.8 Å². The summed E-state index contributed by atoms with van der Waals surface area (Å²) in [5, 5.41) is 9.65. The largest absolute Gasteiger partial charge is 0.387 e. The molecule has 3 heteroatoms. The van der Waals surface area contributed by atoms with E-state index in [-0.39, 0.29) is 0 Å². The highest BCUT2D eigenvalue weighted by Crippen LogP contribution is 2.21. The number of nitrogens with zero attached hydrogens (tertiary/aromatic N) is 2. The SMILES string of the molecule is C[C@@H](O)c1ccc(N(Cc2ccccc2)Cc2ccccc2)cn1. The molecule has 0 aliphatic carbocycles. The van der Waals surface area contributed by atoms with E-state index in [2.05, 4.69) is 58.4 Å². The van der Waals surface area contributed by atoms with Gasteiger partial charge in [0.2, 0.25) is 0 Å². The molecule has 0 spiro atoms. The van der Waals surface area contributed by atoms with Crippen molar-refractivity contribution < 1.29 is 5.11 Å². The molecule has 0 amide bonds.